The summed E-state index contributed by atoms with van der Waals surface area (Å²) in [6.45, 7) is 1.30. The van der Waals surface area contributed by atoms with Crippen molar-refractivity contribution in [1.82, 2.24) is 10.8 Å². The Morgan fingerprint density at radius 2 is 1.85 bits per heavy atom. The molecule has 2 rings (SSSR count). The van der Waals surface area contributed by atoms with Gasteiger partial charge in [0.1, 0.15) is 11.8 Å². The van der Waals surface area contributed by atoms with Crippen LogP contribution in [0.4, 0.5) is 5.69 Å². The molecule has 0 fully saturated rings. The van der Waals surface area contributed by atoms with Crippen molar-refractivity contribution in [3.05, 3.63) is 60.1 Å². The summed E-state index contributed by atoms with van der Waals surface area (Å²) in [6.07, 6.45) is 3.11. The highest BCUT2D eigenvalue weighted by molar-refractivity contribution is 6.02. The number of hydrogen-bond acceptors (Lipinski definition) is 6. The molecular formula is C18H19N3O6. The van der Waals surface area contributed by atoms with Gasteiger partial charge in [-0.3, -0.25) is 19.6 Å². The number of hydroxylamine groups is 1. The number of aliphatic hydroxyl groups excluding tert-OH is 1. The van der Waals surface area contributed by atoms with Gasteiger partial charge in [0, 0.05) is 17.3 Å². The van der Waals surface area contributed by atoms with Crippen molar-refractivity contribution >= 4 is 29.5 Å². The molecule has 0 spiro atoms. The van der Waals surface area contributed by atoms with E-state index in [-0.39, 0.29) is 11.5 Å². The van der Waals surface area contributed by atoms with Gasteiger partial charge < -0.3 is 20.2 Å². The fourth-order valence-electron chi connectivity index (χ4n) is 2.13. The number of hydrogen-bond donors (Lipinski definition) is 5. The van der Waals surface area contributed by atoms with Gasteiger partial charge in [-0.15, -0.1) is 0 Å². The normalized spacial score (nSPS) is 13.0. The van der Waals surface area contributed by atoms with Crippen molar-refractivity contribution in [3.8, 4) is 0 Å². The van der Waals surface area contributed by atoms with E-state index in [9.17, 15) is 19.5 Å². The molecule has 3 amide bonds. The third-order valence-corrected chi connectivity index (χ3v) is 3.52. The molecule has 0 unspecified atom stereocenters. The molecule has 0 aliphatic carbocycles. The van der Waals surface area contributed by atoms with E-state index in [1.54, 1.807) is 12.1 Å². The Morgan fingerprint density at radius 3 is 2.41 bits per heavy atom. The van der Waals surface area contributed by atoms with Crippen molar-refractivity contribution in [2.24, 2.45) is 0 Å². The fraction of sp³-hybridized carbons (Fsp3) is 0.167. The lowest BCUT2D eigenvalue weighted by Crippen LogP contribution is -2.51. The molecular weight excluding hydrogens is 354 g/mol. The van der Waals surface area contributed by atoms with Gasteiger partial charge in [0.15, 0.2) is 0 Å². The van der Waals surface area contributed by atoms with Crippen molar-refractivity contribution < 1.29 is 29.1 Å². The Labute approximate surface area is 154 Å². The van der Waals surface area contributed by atoms with Crippen molar-refractivity contribution in [2.45, 2.75) is 19.1 Å². The number of rotatable bonds is 7. The Kier molecular flexibility index (Phi) is 6.86. The summed E-state index contributed by atoms with van der Waals surface area (Å²) in [7, 11) is 0. The summed E-state index contributed by atoms with van der Waals surface area (Å²) in [5.74, 6) is -1.40. The Hall–Kier alpha value is -3.43. The Balaban J connectivity index is 1.96. The quantitative estimate of drug-likeness (QED) is 0.278. The van der Waals surface area contributed by atoms with Crippen molar-refractivity contribution in [1.29, 1.82) is 0 Å². The van der Waals surface area contributed by atoms with Crippen LogP contribution in [0.3, 0.4) is 0 Å². The molecule has 9 nitrogen and oxygen atoms in total. The van der Waals surface area contributed by atoms with E-state index in [1.807, 2.05) is 0 Å². The van der Waals surface area contributed by atoms with Gasteiger partial charge in [0.2, 0.25) is 5.91 Å². The lowest BCUT2D eigenvalue weighted by atomic mass is 10.1. The second-order valence-corrected chi connectivity index (χ2v) is 5.58. The van der Waals surface area contributed by atoms with Gasteiger partial charge in [-0.1, -0.05) is 0 Å². The molecule has 9 heteroatoms. The first-order valence-corrected chi connectivity index (χ1v) is 7.96. The molecule has 0 radical (unpaired) electrons. The number of aliphatic hydroxyl groups is 1. The molecule has 2 aromatic rings. The number of carbonyl (C=O) groups is 3. The zero-order chi connectivity index (χ0) is 19.8. The lowest BCUT2D eigenvalue weighted by molar-refractivity contribution is -0.133. The van der Waals surface area contributed by atoms with Gasteiger partial charge in [0.05, 0.1) is 12.4 Å². The molecule has 2 atom stereocenters. The number of amides is 3. The largest absolute Gasteiger partial charge is 0.465 e. The van der Waals surface area contributed by atoms with Crippen LogP contribution in [0.25, 0.3) is 6.08 Å². The molecule has 27 heavy (non-hydrogen) atoms. The van der Waals surface area contributed by atoms with E-state index in [0.717, 1.165) is 0 Å². The average Bonchev–Trinajstić information content (AvgIpc) is 3.17. The summed E-state index contributed by atoms with van der Waals surface area (Å²) >= 11 is 0. The van der Waals surface area contributed by atoms with Crippen LogP contribution >= 0.6 is 0 Å². The van der Waals surface area contributed by atoms with Crippen LogP contribution in [0, 0.1) is 0 Å². The monoisotopic (exact) mass is 373 g/mol. The molecule has 0 aliphatic heterocycles. The topological polar surface area (TPSA) is 141 Å². The summed E-state index contributed by atoms with van der Waals surface area (Å²) in [5.41, 5.74) is 2.04. The fourth-order valence-corrected chi connectivity index (χ4v) is 2.13. The van der Waals surface area contributed by atoms with Crippen LogP contribution in [0.1, 0.15) is 23.0 Å². The van der Waals surface area contributed by atoms with E-state index in [2.05, 4.69) is 10.6 Å². The molecule has 0 saturated heterocycles. The van der Waals surface area contributed by atoms with Crippen LogP contribution in [-0.4, -0.2) is 40.2 Å². The average molecular weight is 373 g/mol. The molecule has 142 valence electrons. The van der Waals surface area contributed by atoms with E-state index in [4.69, 9.17) is 9.62 Å². The third kappa shape index (κ3) is 5.80. The van der Waals surface area contributed by atoms with Crippen LogP contribution in [-0.2, 0) is 9.59 Å². The summed E-state index contributed by atoms with van der Waals surface area (Å²) in [4.78, 5) is 35.4. The number of carbonyl (C=O) groups excluding carboxylic acids is 3. The van der Waals surface area contributed by atoms with Crippen LogP contribution < -0.4 is 16.1 Å². The van der Waals surface area contributed by atoms with E-state index < -0.39 is 24.0 Å². The smallest absolute Gasteiger partial charge is 0.268 e. The van der Waals surface area contributed by atoms with E-state index >= 15 is 0 Å². The lowest BCUT2D eigenvalue weighted by Gasteiger charge is -2.19. The van der Waals surface area contributed by atoms with E-state index in [0.29, 0.717) is 11.4 Å². The number of furan rings is 1. The summed E-state index contributed by atoms with van der Waals surface area (Å²) < 4.78 is 5.08. The minimum Gasteiger partial charge on any atom is -0.465 e. The number of benzene rings is 1. The minimum absolute atomic E-state index is 0.204. The molecule has 1 aromatic heterocycles. The molecule has 1 heterocycles. The first kappa shape index (κ1) is 19.9. The van der Waals surface area contributed by atoms with Gasteiger partial charge >= 0.3 is 0 Å². The molecule has 0 bridgehead atoms. The predicted molar refractivity (Wildman–Crippen MR) is 95.7 cm³/mol. The maximum atomic E-state index is 12.2. The standard InChI is InChI=1S/C18H19N3O6/c1-11(22)16(18(25)21-26)20-17(24)12-4-6-13(7-5-12)19-15(23)9-8-14-3-2-10-27-14/h2-11,16,22,26H,1H3,(H,19,23)(H,20,24)(H,21,25)/b9-8+/t11-,16-/m0/s1. The van der Waals surface area contributed by atoms with Gasteiger partial charge in [-0.2, -0.15) is 0 Å². The molecule has 0 aliphatic rings. The van der Waals surface area contributed by atoms with Gasteiger partial charge in [-0.25, -0.2) is 5.48 Å². The van der Waals surface area contributed by atoms with Gasteiger partial charge in [0.25, 0.3) is 11.8 Å². The zero-order valence-electron chi connectivity index (χ0n) is 14.4. The van der Waals surface area contributed by atoms with E-state index in [1.165, 1.54) is 55.1 Å². The van der Waals surface area contributed by atoms with Crippen molar-refractivity contribution in [2.75, 3.05) is 5.32 Å². The van der Waals surface area contributed by atoms with Crippen LogP contribution in [0.2, 0.25) is 0 Å². The number of nitrogens with one attached hydrogen (secondary N) is 3. The second-order valence-electron chi connectivity index (χ2n) is 5.58. The molecule has 0 saturated carbocycles. The highest BCUT2D eigenvalue weighted by atomic mass is 16.5. The zero-order valence-corrected chi connectivity index (χ0v) is 14.4. The first-order valence-electron chi connectivity index (χ1n) is 7.96. The minimum atomic E-state index is -1.31. The van der Waals surface area contributed by atoms with Gasteiger partial charge in [-0.05, 0) is 49.4 Å². The van der Waals surface area contributed by atoms with Crippen LogP contribution in [0.5, 0.6) is 0 Å². The SMILES string of the molecule is C[C@H](O)[C@H](NC(=O)c1ccc(NC(=O)/C=C/c2ccco2)cc1)C(=O)NO. The highest BCUT2D eigenvalue weighted by Crippen LogP contribution is 2.11. The third-order valence-electron chi connectivity index (χ3n) is 3.52. The number of anilines is 1. The maximum Gasteiger partial charge on any atom is 0.268 e. The summed E-state index contributed by atoms with van der Waals surface area (Å²) in [6, 6.07) is 8.00. The predicted octanol–water partition coefficient (Wildman–Crippen LogP) is 0.916. The first-order chi connectivity index (χ1) is 12.9. The molecule has 5 N–H and O–H groups in total. The Morgan fingerprint density at radius 1 is 1.15 bits per heavy atom. The highest BCUT2D eigenvalue weighted by Gasteiger charge is 2.25. The second kappa shape index (κ2) is 9.32. The molecule has 1 aromatic carbocycles. The van der Waals surface area contributed by atoms with Crippen LogP contribution in [0.15, 0.2) is 53.2 Å². The summed E-state index contributed by atoms with van der Waals surface area (Å²) in [5, 5.41) is 23.1. The van der Waals surface area contributed by atoms with Crippen molar-refractivity contribution in [3.63, 3.8) is 0 Å². The Bertz CT molecular complexity index is 812. The maximum absolute atomic E-state index is 12.2.